The van der Waals surface area contributed by atoms with Crippen LogP contribution in [0, 0.1) is 5.92 Å². The van der Waals surface area contributed by atoms with Gasteiger partial charge in [-0.2, -0.15) is 0 Å². The Morgan fingerprint density at radius 3 is 2.65 bits per heavy atom. The molecule has 2 aromatic rings. The number of hydrogen-bond acceptors (Lipinski definition) is 6. The minimum atomic E-state index is -3.31. The summed E-state index contributed by atoms with van der Waals surface area (Å²) in [4.78, 5) is 15.1. The van der Waals surface area contributed by atoms with Crippen LogP contribution in [0.3, 0.4) is 0 Å². The molecule has 1 aromatic heterocycles. The summed E-state index contributed by atoms with van der Waals surface area (Å²) in [7, 11) is -3.31. The lowest BCUT2D eigenvalue weighted by Gasteiger charge is -2.34. The van der Waals surface area contributed by atoms with E-state index in [1.165, 1.54) is 4.31 Å². The Hall–Kier alpha value is -1.97. The smallest absolute Gasteiger partial charge is 0.247 e. The third-order valence-electron chi connectivity index (χ3n) is 5.72. The van der Waals surface area contributed by atoms with Crippen molar-refractivity contribution in [1.82, 2.24) is 19.4 Å². The SMILES string of the molecule is CCCS(=O)(=O)N1CCCC(C(=O)N(Cc2nnc(-c3ccc(Cl)cc3)o2)C2CC2)C1. The molecule has 1 unspecified atom stereocenters. The van der Waals surface area contributed by atoms with Crippen LogP contribution < -0.4 is 0 Å². The fourth-order valence-corrected chi connectivity index (χ4v) is 5.68. The highest BCUT2D eigenvalue weighted by atomic mass is 35.5. The molecule has 8 nitrogen and oxygen atoms in total. The van der Waals surface area contributed by atoms with Crippen LogP contribution >= 0.6 is 11.6 Å². The molecule has 168 valence electrons. The summed E-state index contributed by atoms with van der Waals surface area (Å²) < 4.78 is 32.2. The third kappa shape index (κ3) is 5.27. The molecule has 1 saturated heterocycles. The number of rotatable bonds is 8. The summed E-state index contributed by atoms with van der Waals surface area (Å²) in [6, 6.07) is 7.26. The first-order valence-electron chi connectivity index (χ1n) is 10.7. The molecule has 31 heavy (non-hydrogen) atoms. The van der Waals surface area contributed by atoms with Crippen LogP contribution in [-0.2, 0) is 21.4 Å². The highest BCUT2D eigenvalue weighted by molar-refractivity contribution is 7.89. The highest BCUT2D eigenvalue weighted by Gasteiger charge is 2.39. The van der Waals surface area contributed by atoms with E-state index < -0.39 is 10.0 Å². The molecule has 1 aliphatic carbocycles. The quantitative estimate of drug-likeness (QED) is 0.592. The van der Waals surface area contributed by atoms with Gasteiger partial charge in [-0.05, 0) is 56.4 Å². The maximum atomic E-state index is 13.3. The summed E-state index contributed by atoms with van der Waals surface area (Å²) in [6.45, 7) is 2.83. The van der Waals surface area contributed by atoms with Crippen molar-refractivity contribution in [2.24, 2.45) is 5.92 Å². The molecule has 0 spiro atoms. The third-order valence-corrected chi connectivity index (χ3v) is 8.02. The molecule has 2 aliphatic rings. The first kappa shape index (κ1) is 22.2. The second-order valence-corrected chi connectivity index (χ2v) is 10.7. The number of hydrogen-bond donors (Lipinski definition) is 0. The van der Waals surface area contributed by atoms with Crippen molar-refractivity contribution in [1.29, 1.82) is 0 Å². The number of carbonyl (C=O) groups is 1. The molecule has 2 fully saturated rings. The van der Waals surface area contributed by atoms with Crippen molar-refractivity contribution >= 4 is 27.5 Å². The van der Waals surface area contributed by atoms with Gasteiger partial charge in [0.15, 0.2) is 0 Å². The van der Waals surface area contributed by atoms with Crippen LogP contribution in [0.2, 0.25) is 5.02 Å². The van der Waals surface area contributed by atoms with Crippen LogP contribution in [0.25, 0.3) is 11.5 Å². The molecule has 1 amide bonds. The summed E-state index contributed by atoms with van der Waals surface area (Å²) in [5.74, 6) is 0.515. The first-order valence-corrected chi connectivity index (χ1v) is 12.7. The molecule has 0 bridgehead atoms. The first-order chi connectivity index (χ1) is 14.9. The van der Waals surface area contributed by atoms with E-state index in [9.17, 15) is 13.2 Å². The van der Waals surface area contributed by atoms with Gasteiger partial charge in [0.1, 0.15) is 0 Å². The van der Waals surface area contributed by atoms with Gasteiger partial charge in [-0.15, -0.1) is 10.2 Å². The minimum absolute atomic E-state index is 0.0230. The molecule has 1 aromatic carbocycles. The molecule has 1 saturated carbocycles. The number of aromatic nitrogens is 2. The van der Waals surface area contributed by atoms with Gasteiger partial charge in [0.05, 0.1) is 18.2 Å². The maximum absolute atomic E-state index is 13.3. The molecular formula is C21H27ClN4O4S. The number of amides is 1. The summed E-state index contributed by atoms with van der Waals surface area (Å²) in [6.07, 6.45) is 3.83. The Morgan fingerprint density at radius 2 is 1.97 bits per heavy atom. The molecule has 0 radical (unpaired) electrons. The lowest BCUT2D eigenvalue weighted by atomic mass is 9.98. The standard InChI is InChI=1S/C21H27ClN4O4S/c1-2-12-31(28,29)25-11-3-4-16(13-25)21(27)26(18-9-10-18)14-19-23-24-20(30-19)15-5-7-17(22)8-6-15/h5-8,16,18H,2-4,9-14H2,1H3. The predicted molar refractivity (Wildman–Crippen MR) is 117 cm³/mol. The topological polar surface area (TPSA) is 96.6 Å². The van der Waals surface area contributed by atoms with E-state index in [0.29, 0.717) is 42.6 Å². The van der Waals surface area contributed by atoms with Crippen molar-refractivity contribution in [3.05, 3.63) is 35.2 Å². The second kappa shape index (κ2) is 9.26. The fourth-order valence-electron chi connectivity index (χ4n) is 3.96. The van der Waals surface area contributed by atoms with Gasteiger partial charge in [-0.25, -0.2) is 12.7 Å². The predicted octanol–water partition coefficient (Wildman–Crippen LogP) is 3.33. The van der Waals surface area contributed by atoms with Crippen LogP contribution in [-0.4, -0.2) is 58.6 Å². The number of nitrogens with zero attached hydrogens (tertiary/aromatic N) is 4. The van der Waals surface area contributed by atoms with E-state index in [-0.39, 0.29) is 36.7 Å². The van der Waals surface area contributed by atoms with Gasteiger partial charge < -0.3 is 9.32 Å². The van der Waals surface area contributed by atoms with Crippen molar-refractivity contribution < 1.29 is 17.6 Å². The number of piperidine rings is 1. The van der Waals surface area contributed by atoms with Crippen LogP contribution in [0.5, 0.6) is 0 Å². The van der Waals surface area contributed by atoms with Gasteiger partial charge >= 0.3 is 0 Å². The van der Waals surface area contributed by atoms with Gasteiger partial charge in [-0.3, -0.25) is 4.79 Å². The van der Waals surface area contributed by atoms with Crippen LogP contribution in [0.1, 0.15) is 44.9 Å². The van der Waals surface area contributed by atoms with Gasteiger partial charge in [0.2, 0.25) is 27.7 Å². The molecule has 10 heteroatoms. The highest BCUT2D eigenvalue weighted by Crippen LogP contribution is 2.32. The van der Waals surface area contributed by atoms with E-state index >= 15 is 0 Å². The van der Waals surface area contributed by atoms with Gasteiger partial charge in [0, 0.05) is 29.7 Å². The average molecular weight is 467 g/mol. The molecule has 1 atom stereocenters. The van der Waals surface area contributed by atoms with Crippen LogP contribution in [0.15, 0.2) is 28.7 Å². The van der Waals surface area contributed by atoms with Gasteiger partial charge in [0.25, 0.3) is 0 Å². The zero-order chi connectivity index (χ0) is 22.0. The van der Waals surface area contributed by atoms with E-state index in [4.69, 9.17) is 16.0 Å². The Morgan fingerprint density at radius 1 is 1.23 bits per heavy atom. The summed E-state index contributed by atoms with van der Waals surface area (Å²) in [5.41, 5.74) is 0.761. The largest absolute Gasteiger partial charge is 0.419 e. The Bertz CT molecular complexity index is 1020. The normalized spacial score (nSPS) is 20.0. The zero-order valence-electron chi connectivity index (χ0n) is 17.5. The lowest BCUT2D eigenvalue weighted by Crippen LogP contribution is -2.47. The van der Waals surface area contributed by atoms with Crippen molar-refractivity contribution in [3.63, 3.8) is 0 Å². The number of benzene rings is 1. The molecule has 1 aliphatic heterocycles. The minimum Gasteiger partial charge on any atom is -0.419 e. The Labute approximate surface area is 187 Å². The van der Waals surface area contributed by atoms with E-state index in [2.05, 4.69) is 10.2 Å². The van der Waals surface area contributed by atoms with Gasteiger partial charge in [-0.1, -0.05) is 18.5 Å². The van der Waals surface area contributed by atoms with Crippen LogP contribution in [0.4, 0.5) is 0 Å². The number of halogens is 1. The molecule has 4 rings (SSSR count). The lowest BCUT2D eigenvalue weighted by molar-refractivity contribution is -0.138. The van der Waals surface area contributed by atoms with E-state index in [1.54, 1.807) is 29.2 Å². The van der Waals surface area contributed by atoms with E-state index in [1.807, 2.05) is 6.92 Å². The van der Waals surface area contributed by atoms with Crippen molar-refractivity contribution in [2.45, 2.75) is 51.6 Å². The molecule has 2 heterocycles. The zero-order valence-corrected chi connectivity index (χ0v) is 19.1. The van der Waals surface area contributed by atoms with Crippen molar-refractivity contribution in [2.75, 3.05) is 18.8 Å². The molecular weight excluding hydrogens is 440 g/mol. The summed E-state index contributed by atoms with van der Waals surface area (Å²) >= 11 is 5.93. The monoisotopic (exact) mass is 466 g/mol. The molecule has 0 N–H and O–H groups in total. The Balaban J connectivity index is 1.46. The summed E-state index contributed by atoms with van der Waals surface area (Å²) in [5, 5.41) is 8.84. The second-order valence-electron chi connectivity index (χ2n) is 8.22. The fraction of sp³-hybridized carbons (Fsp3) is 0.571. The number of sulfonamides is 1. The van der Waals surface area contributed by atoms with E-state index in [0.717, 1.165) is 18.4 Å². The van der Waals surface area contributed by atoms with Crippen molar-refractivity contribution in [3.8, 4) is 11.5 Å². The average Bonchev–Trinajstić information content (AvgIpc) is 3.50. The maximum Gasteiger partial charge on any atom is 0.247 e. The Kier molecular flexibility index (Phi) is 6.64. The number of carbonyl (C=O) groups excluding carboxylic acids is 1.